The van der Waals surface area contributed by atoms with Crippen molar-refractivity contribution in [2.75, 3.05) is 20.1 Å². The maximum Gasteiger partial charge on any atom is 0.325 e. The third-order valence-electron chi connectivity index (χ3n) is 3.16. The molecule has 0 saturated heterocycles. The summed E-state index contributed by atoms with van der Waals surface area (Å²) in [7, 11) is 2.00. The second-order valence-corrected chi connectivity index (χ2v) is 4.69. The van der Waals surface area contributed by atoms with Crippen LogP contribution in [0.5, 0.6) is 0 Å². The minimum absolute atomic E-state index is 0.123. The smallest absolute Gasteiger partial charge is 0.325 e. The Labute approximate surface area is 117 Å². The number of likely N-dealkylation sites (N-methyl/N-ethyl adjacent to an activating group) is 1. The number of hydrogen-bond donors (Lipinski definition) is 2. The van der Waals surface area contributed by atoms with Gasteiger partial charge in [0.25, 0.3) is 5.91 Å². The molecule has 0 aliphatic rings. The van der Waals surface area contributed by atoms with Crippen LogP contribution in [0.25, 0.3) is 0 Å². The lowest BCUT2D eigenvalue weighted by Gasteiger charge is -2.23. The number of nitrogens with zero attached hydrogens (tertiary/aromatic N) is 4. The average molecular weight is 283 g/mol. The highest BCUT2D eigenvalue weighted by atomic mass is 16.4. The van der Waals surface area contributed by atoms with Crippen LogP contribution in [-0.2, 0) is 11.3 Å². The highest BCUT2D eigenvalue weighted by molar-refractivity contribution is 5.91. The SMILES string of the molecule is CCC(C)N(C)CCNC(=O)c1cn(CC(=O)O)nn1. The van der Waals surface area contributed by atoms with E-state index in [1.807, 2.05) is 7.05 Å². The topological polar surface area (TPSA) is 100 Å². The number of carbonyl (C=O) groups is 2. The number of rotatable bonds is 8. The van der Waals surface area contributed by atoms with Gasteiger partial charge in [0.15, 0.2) is 5.69 Å². The van der Waals surface area contributed by atoms with Crippen LogP contribution in [-0.4, -0.2) is 63.1 Å². The molecule has 0 aromatic carbocycles. The third kappa shape index (κ3) is 4.96. The first-order valence-corrected chi connectivity index (χ1v) is 6.54. The van der Waals surface area contributed by atoms with E-state index in [0.29, 0.717) is 12.6 Å². The summed E-state index contributed by atoms with van der Waals surface area (Å²) >= 11 is 0. The van der Waals surface area contributed by atoms with Crippen LogP contribution in [0.2, 0.25) is 0 Å². The van der Waals surface area contributed by atoms with Crippen molar-refractivity contribution in [3.05, 3.63) is 11.9 Å². The average Bonchev–Trinajstić information content (AvgIpc) is 2.85. The molecule has 8 heteroatoms. The number of aromatic nitrogens is 3. The molecule has 112 valence electrons. The van der Waals surface area contributed by atoms with E-state index >= 15 is 0 Å². The van der Waals surface area contributed by atoms with Gasteiger partial charge in [-0.3, -0.25) is 9.59 Å². The normalized spacial score (nSPS) is 12.4. The number of hydrogen-bond acceptors (Lipinski definition) is 5. The van der Waals surface area contributed by atoms with E-state index in [0.717, 1.165) is 17.6 Å². The maximum absolute atomic E-state index is 11.8. The molecule has 1 rings (SSSR count). The van der Waals surface area contributed by atoms with Crippen LogP contribution in [0.3, 0.4) is 0 Å². The zero-order valence-electron chi connectivity index (χ0n) is 12.0. The highest BCUT2D eigenvalue weighted by Crippen LogP contribution is 1.98. The van der Waals surface area contributed by atoms with Crippen molar-refractivity contribution >= 4 is 11.9 Å². The Hall–Kier alpha value is -1.96. The summed E-state index contributed by atoms with van der Waals surface area (Å²) in [5.74, 6) is -1.38. The number of carbonyl (C=O) groups excluding carboxylic acids is 1. The Morgan fingerprint density at radius 1 is 1.55 bits per heavy atom. The second-order valence-electron chi connectivity index (χ2n) is 4.69. The predicted octanol–water partition coefficient (Wildman–Crippen LogP) is -0.177. The van der Waals surface area contributed by atoms with Crippen molar-refractivity contribution in [2.45, 2.75) is 32.9 Å². The molecule has 0 bridgehead atoms. The van der Waals surface area contributed by atoms with Crippen molar-refractivity contribution in [1.29, 1.82) is 0 Å². The second kappa shape index (κ2) is 7.59. The zero-order valence-corrected chi connectivity index (χ0v) is 12.0. The molecular formula is C12H21N5O3. The van der Waals surface area contributed by atoms with E-state index in [1.54, 1.807) is 0 Å². The standard InChI is InChI=1S/C12H21N5O3/c1-4-9(2)16(3)6-5-13-12(20)10-7-17(15-14-10)8-11(18)19/h7,9H,4-6,8H2,1-3H3,(H,13,20)(H,18,19). The van der Waals surface area contributed by atoms with Gasteiger partial charge in [-0.25, -0.2) is 4.68 Å². The van der Waals surface area contributed by atoms with Crippen molar-refractivity contribution in [2.24, 2.45) is 0 Å². The first-order chi connectivity index (χ1) is 9.43. The molecule has 1 aromatic rings. The molecule has 1 aromatic heterocycles. The zero-order chi connectivity index (χ0) is 15.1. The summed E-state index contributed by atoms with van der Waals surface area (Å²) in [6.45, 7) is 5.17. The molecule has 0 fully saturated rings. The monoisotopic (exact) mass is 283 g/mol. The van der Waals surface area contributed by atoms with Crippen LogP contribution >= 0.6 is 0 Å². The first-order valence-electron chi connectivity index (χ1n) is 6.54. The van der Waals surface area contributed by atoms with E-state index in [9.17, 15) is 9.59 Å². The Balaban J connectivity index is 2.39. The summed E-state index contributed by atoms with van der Waals surface area (Å²) in [4.78, 5) is 24.4. The molecule has 1 atom stereocenters. The van der Waals surface area contributed by atoms with E-state index in [1.165, 1.54) is 6.20 Å². The van der Waals surface area contributed by atoms with Gasteiger partial charge in [0, 0.05) is 19.1 Å². The summed E-state index contributed by atoms with van der Waals surface area (Å²) < 4.78 is 1.11. The molecule has 20 heavy (non-hydrogen) atoms. The number of amides is 1. The Morgan fingerprint density at radius 3 is 2.85 bits per heavy atom. The number of carboxylic acid groups (broad SMARTS) is 1. The van der Waals surface area contributed by atoms with E-state index < -0.39 is 5.97 Å². The van der Waals surface area contributed by atoms with E-state index in [-0.39, 0.29) is 18.1 Å². The van der Waals surface area contributed by atoms with Gasteiger partial charge in [0.05, 0.1) is 6.20 Å². The van der Waals surface area contributed by atoms with Crippen LogP contribution in [0.1, 0.15) is 30.8 Å². The van der Waals surface area contributed by atoms with Crippen LogP contribution in [0.4, 0.5) is 0 Å². The Bertz CT molecular complexity index is 460. The minimum Gasteiger partial charge on any atom is -0.480 e. The lowest BCUT2D eigenvalue weighted by Crippen LogP contribution is -2.37. The lowest BCUT2D eigenvalue weighted by molar-refractivity contribution is -0.137. The summed E-state index contributed by atoms with van der Waals surface area (Å²) in [6.07, 6.45) is 2.37. The minimum atomic E-state index is -1.03. The Kier molecular flexibility index (Phi) is 6.10. The fraction of sp³-hybridized carbons (Fsp3) is 0.667. The van der Waals surface area contributed by atoms with Gasteiger partial charge in [0.1, 0.15) is 6.54 Å². The number of carboxylic acids is 1. The summed E-state index contributed by atoms with van der Waals surface area (Å²) in [5.41, 5.74) is 0.123. The Morgan fingerprint density at radius 2 is 2.25 bits per heavy atom. The molecule has 1 unspecified atom stereocenters. The van der Waals surface area contributed by atoms with Gasteiger partial charge in [-0.2, -0.15) is 0 Å². The fourth-order valence-corrected chi connectivity index (χ4v) is 1.59. The molecule has 1 heterocycles. The van der Waals surface area contributed by atoms with Gasteiger partial charge in [-0.1, -0.05) is 12.1 Å². The molecule has 0 spiro atoms. The predicted molar refractivity (Wildman–Crippen MR) is 72.4 cm³/mol. The summed E-state index contributed by atoms with van der Waals surface area (Å²) in [5, 5.41) is 18.5. The van der Waals surface area contributed by atoms with Crippen molar-refractivity contribution < 1.29 is 14.7 Å². The molecule has 0 aliphatic heterocycles. The summed E-state index contributed by atoms with van der Waals surface area (Å²) in [6, 6.07) is 0.461. The fourth-order valence-electron chi connectivity index (χ4n) is 1.59. The van der Waals surface area contributed by atoms with E-state index in [2.05, 4.69) is 34.4 Å². The van der Waals surface area contributed by atoms with Gasteiger partial charge >= 0.3 is 5.97 Å². The molecule has 1 amide bonds. The first kappa shape index (κ1) is 16.1. The largest absolute Gasteiger partial charge is 0.480 e. The van der Waals surface area contributed by atoms with Gasteiger partial charge < -0.3 is 15.3 Å². The molecular weight excluding hydrogens is 262 g/mol. The number of aliphatic carboxylic acids is 1. The van der Waals surface area contributed by atoms with Crippen molar-refractivity contribution in [3.8, 4) is 0 Å². The van der Waals surface area contributed by atoms with Gasteiger partial charge in [-0.15, -0.1) is 5.10 Å². The lowest BCUT2D eigenvalue weighted by atomic mass is 10.2. The van der Waals surface area contributed by atoms with Crippen LogP contribution in [0, 0.1) is 0 Å². The van der Waals surface area contributed by atoms with E-state index in [4.69, 9.17) is 5.11 Å². The maximum atomic E-state index is 11.8. The molecule has 0 saturated carbocycles. The van der Waals surface area contributed by atoms with Crippen LogP contribution < -0.4 is 5.32 Å². The van der Waals surface area contributed by atoms with Gasteiger partial charge in [0.2, 0.25) is 0 Å². The molecule has 8 nitrogen and oxygen atoms in total. The van der Waals surface area contributed by atoms with Crippen molar-refractivity contribution in [3.63, 3.8) is 0 Å². The molecule has 2 N–H and O–H groups in total. The molecule has 0 radical (unpaired) electrons. The van der Waals surface area contributed by atoms with Crippen LogP contribution in [0.15, 0.2) is 6.20 Å². The van der Waals surface area contributed by atoms with Crippen molar-refractivity contribution in [1.82, 2.24) is 25.2 Å². The van der Waals surface area contributed by atoms with Gasteiger partial charge in [-0.05, 0) is 20.4 Å². The quantitative estimate of drug-likeness (QED) is 0.686. The molecule has 0 aliphatic carbocycles. The number of nitrogens with one attached hydrogen (secondary N) is 1. The highest BCUT2D eigenvalue weighted by Gasteiger charge is 2.12. The third-order valence-corrected chi connectivity index (χ3v) is 3.16.